The van der Waals surface area contributed by atoms with Crippen LogP contribution < -0.4 is 4.74 Å². The second-order valence-corrected chi connectivity index (χ2v) is 5.58. The van der Waals surface area contributed by atoms with Crippen LogP contribution in [0.25, 0.3) is 0 Å². The molecule has 1 aliphatic carbocycles. The lowest BCUT2D eigenvalue weighted by Gasteiger charge is -2.25. The molecule has 0 saturated carbocycles. The zero-order chi connectivity index (χ0) is 13.9. The van der Waals surface area contributed by atoms with E-state index in [4.69, 9.17) is 4.74 Å². The number of phenols is 1. The molecule has 2 heteroatoms. The summed E-state index contributed by atoms with van der Waals surface area (Å²) in [4.78, 5) is 0. The van der Waals surface area contributed by atoms with Crippen LogP contribution in [0.15, 0.2) is 42.5 Å². The Hall–Kier alpha value is -1.96. The Morgan fingerprint density at radius 1 is 1.15 bits per heavy atom. The molecule has 0 fully saturated rings. The van der Waals surface area contributed by atoms with Gasteiger partial charge in [-0.1, -0.05) is 24.3 Å². The molecule has 0 bridgehead atoms. The number of ether oxygens (including phenoxy) is 1. The van der Waals surface area contributed by atoms with Crippen molar-refractivity contribution in [2.24, 2.45) is 5.92 Å². The van der Waals surface area contributed by atoms with Gasteiger partial charge in [-0.3, -0.25) is 0 Å². The van der Waals surface area contributed by atoms with E-state index in [9.17, 15) is 5.11 Å². The quantitative estimate of drug-likeness (QED) is 0.918. The largest absolute Gasteiger partial charge is 0.508 e. The fourth-order valence-electron chi connectivity index (χ4n) is 3.10. The molecular formula is C18H20O2. The number of phenolic OH excluding ortho intramolecular Hbond substituents is 1. The molecule has 0 radical (unpaired) electrons. The minimum Gasteiger partial charge on any atom is -0.508 e. The Labute approximate surface area is 120 Å². The van der Waals surface area contributed by atoms with E-state index in [0.29, 0.717) is 11.7 Å². The molecule has 0 aromatic heterocycles. The molecular weight excluding hydrogens is 248 g/mol. The highest BCUT2D eigenvalue weighted by atomic mass is 16.5. The summed E-state index contributed by atoms with van der Waals surface area (Å²) in [5.41, 5.74) is 3.91. The average molecular weight is 268 g/mol. The van der Waals surface area contributed by atoms with Crippen molar-refractivity contribution in [3.05, 3.63) is 59.2 Å². The number of hydrogen-bond donors (Lipinski definition) is 1. The first kappa shape index (κ1) is 13.0. The highest BCUT2D eigenvalue weighted by molar-refractivity contribution is 5.38. The Kier molecular flexibility index (Phi) is 3.64. The van der Waals surface area contributed by atoms with Crippen LogP contribution in [-0.4, -0.2) is 12.2 Å². The van der Waals surface area contributed by atoms with Crippen LogP contribution in [0.3, 0.4) is 0 Å². The van der Waals surface area contributed by atoms with Crippen LogP contribution in [0.2, 0.25) is 0 Å². The molecule has 0 aliphatic heterocycles. The zero-order valence-corrected chi connectivity index (χ0v) is 11.8. The monoisotopic (exact) mass is 268 g/mol. The summed E-state index contributed by atoms with van der Waals surface area (Å²) < 4.78 is 5.29. The predicted octanol–water partition coefficient (Wildman–Crippen LogP) is 3.75. The predicted molar refractivity (Wildman–Crippen MR) is 80.3 cm³/mol. The fraction of sp³-hybridized carbons (Fsp3) is 0.333. The van der Waals surface area contributed by atoms with Crippen LogP contribution in [0.4, 0.5) is 0 Å². The summed E-state index contributed by atoms with van der Waals surface area (Å²) in [5, 5.41) is 9.89. The van der Waals surface area contributed by atoms with Gasteiger partial charge in [0.25, 0.3) is 0 Å². The number of hydrogen-bond acceptors (Lipinski definition) is 2. The van der Waals surface area contributed by atoms with Gasteiger partial charge in [-0.15, -0.1) is 0 Å². The van der Waals surface area contributed by atoms with Crippen molar-refractivity contribution in [3.8, 4) is 11.5 Å². The normalized spacial score (nSPS) is 17.6. The van der Waals surface area contributed by atoms with Gasteiger partial charge in [-0.05, 0) is 66.5 Å². The highest BCUT2D eigenvalue weighted by Crippen LogP contribution is 2.31. The van der Waals surface area contributed by atoms with Gasteiger partial charge < -0.3 is 9.84 Å². The van der Waals surface area contributed by atoms with Crippen LogP contribution >= 0.6 is 0 Å². The van der Waals surface area contributed by atoms with Gasteiger partial charge in [0.15, 0.2) is 0 Å². The topological polar surface area (TPSA) is 29.5 Å². The number of para-hydroxylation sites is 1. The molecule has 0 amide bonds. The molecule has 1 N–H and O–H groups in total. The summed E-state index contributed by atoms with van der Waals surface area (Å²) in [5.74, 6) is 1.99. The van der Waals surface area contributed by atoms with Crippen LogP contribution in [0.1, 0.15) is 23.1 Å². The first-order valence-corrected chi connectivity index (χ1v) is 7.19. The van der Waals surface area contributed by atoms with Crippen molar-refractivity contribution >= 4 is 0 Å². The van der Waals surface area contributed by atoms with Crippen molar-refractivity contribution in [3.63, 3.8) is 0 Å². The summed E-state index contributed by atoms with van der Waals surface area (Å²) >= 11 is 0. The molecule has 2 aromatic rings. The lowest BCUT2D eigenvalue weighted by Crippen LogP contribution is -2.16. The number of rotatable bonds is 3. The summed E-state index contributed by atoms with van der Waals surface area (Å²) in [6, 6.07) is 14.1. The number of methoxy groups -OCH3 is 1. The van der Waals surface area contributed by atoms with Crippen molar-refractivity contribution in [2.45, 2.75) is 25.7 Å². The van der Waals surface area contributed by atoms with Crippen molar-refractivity contribution < 1.29 is 9.84 Å². The van der Waals surface area contributed by atoms with Crippen LogP contribution in [-0.2, 0) is 19.3 Å². The molecule has 3 rings (SSSR count). The van der Waals surface area contributed by atoms with Crippen molar-refractivity contribution in [2.75, 3.05) is 7.11 Å². The van der Waals surface area contributed by atoms with E-state index in [1.807, 2.05) is 24.3 Å². The second kappa shape index (κ2) is 5.58. The lowest BCUT2D eigenvalue weighted by molar-refractivity contribution is 0.409. The van der Waals surface area contributed by atoms with E-state index in [0.717, 1.165) is 30.6 Å². The third kappa shape index (κ3) is 2.64. The van der Waals surface area contributed by atoms with E-state index in [2.05, 4.69) is 12.1 Å². The number of fused-ring (bicyclic) bond motifs is 1. The molecule has 0 spiro atoms. The summed E-state index contributed by atoms with van der Waals surface area (Å²) in [6.07, 6.45) is 4.32. The summed E-state index contributed by atoms with van der Waals surface area (Å²) in [7, 11) is 1.71. The lowest BCUT2D eigenvalue weighted by atomic mass is 9.80. The first-order valence-electron chi connectivity index (χ1n) is 7.19. The van der Waals surface area contributed by atoms with E-state index >= 15 is 0 Å². The Balaban J connectivity index is 1.74. The summed E-state index contributed by atoms with van der Waals surface area (Å²) in [6.45, 7) is 0. The molecule has 0 saturated heterocycles. The van der Waals surface area contributed by atoms with Crippen LogP contribution in [0.5, 0.6) is 11.5 Å². The Morgan fingerprint density at radius 3 is 2.80 bits per heavy atom. The molecule has 2 nitrogen and oxygen atoms in total. The SMILES string of the molecule is COc1ccc2c(c1)CC[C@H](Cc1ccccc1O)C2. The smallest absolute Gasteiger partial charge is 0.119 e. The maximum absolute atomic E-state index is 9.89. The van der Waals surface area contributed by atoms with Gasteiger partial charge >= 0.3 is 0 Å². The van der Waals surface area contributed by atoms with Gasteiger partial charge in [0.2, 0.25) is 0 Å². The molecule has 104 valence electrons. The Bertz CT molecular complexity index is 604. The first-order chi connectivity index (χ1) is 9.76. The number of aryl methyl sites for hydroxylation is 1. The van der Waals surface area contributed by atoms with E-state index in [1.165, 1.54) is 17.5 Å². The number of aromatic hydroxyl groups is 1. The van der Waals surface area contributed by atoms with E-state index < -0.39 is 0 Å². The molecule has 0 unspecified atom stereocenters. The fourth-order valence-corrected chi connectivity index (χ4v) is 3.10. The van der Waals surface area contributed by atoms with Crippen molar-refractivity contribution in [1.29, 1.82) is 0 Å². The number of benzene rings is 2. The Morgan fingerprint density at radius 2 is 2.00 bits per heavy atom. The van der Waals surface area contributed by atoms with Gasteiger partial charge in [0.05, 0.1) is 7.11 Å². The molecule has 2 aromatic carbocycles. The van der Waals surface area contributed by atoms with Gasteiger partial charge in [0, 0.05) is 0 Å². The minimum atomic E-state index is 0.424. The third-order valence-corrected chi connectivity index (χ3v) is 4.24. The standard InChI is InChI=1S/C18H20O2/c1-20-17-9-8-14-10-13(6-7-15(14)12-17)11-16-4-2-3-5-18(16)19/h2-5,8-9,12-13,19H,6-7,10-11H2,1H3/t13-/m0/s1. The second-order valence-electron chi connectivity index (χ2n) is 5.58. The van der Waals surface area contributed by atoms with Gasteiger partial charge in [-0.25, -0.2) is 0 Å². The van der Waals surface area contributed by atoms with Gasteiger partial charge in [-0.2, -0.15) is 0 Å². The van der Waals surface area contributed by atoms with Gasteiger partial charge in [0.1, 0.15) is 11.5 Å². The zero-order valence-electron chi connectivity index (χ0n) is 11.8. The third-order valence-electron chi connectivity index (χ3n) is 4.24. The maximum Gasteiger partial charge on any atom is 0.119 e. The molecule has 0 heterocycles. The average Bonchev–Trinajstić information content (AvgIpc) is 2.49. The van der Waals surface area contributed by atoms with E-state index in [1.54, 1.807) is 13.2 Å². The van der Waals surface area contributed by atoms with E-state index in [-0.39, 0.29) is 0 Å². The molecule has 1 atom stereocenters. The minimum absolute atomic E-state index is 0.424. The van der Waals surface area contributed by atoms with Crippen molar-refractivity contribution in [1.82, 2.24) is 0 Å². The molecule has 20 heavy (non-hydrogen) atoms. The molecule has 1 aliphatic rings. The van der Waals surface area contributed by atoms with Crippen LogP contribution in [0, 0.1) is 5.92 Å². The maximum atomic E-state index is 9.89. The highest BCUT2D eigenvalue weighted by Gasteiger charge is 2.20.